The average Bonchev–Trinajstić information content (AvgIpc) is 2.73. The van der Waals surface area contributed by atoms with E-state index in [-0.39, 0.29) is 65.0 Å². The van der Waals surface area contributed by atoms with Gasteiger partial charge in [0, 0.05) is 51.2 Å². The van der Waals surface area contributed by atoms with Crippen LogP contribution in [0.5, 0.6) is 0 Å². The third-order valence-electron chi connectivity index (χ3n) is 5.67. The van der Waals surface area contributed by atoms with Crippen molar-refractivity contribution in [2.45, 2.75) is 37.6 Å². The number of nitrogens with zero attached hydrogens (tertiary/aromatic N) is 3. The molecule has 2 fully saturated rings. The van der Waals surface area contributed by atoms with Crippen LogP contribution in [0.25, 0.3) is 0 Å². The number of sulfonamides is 1. The Hall–Kier alpha value is -1.55. The monoisotopic (exact) mass is 490 g/mol. The number of likely N-dealkylation sites (tertiary alicyclic amines) is 1. The highest BCUT2D eigenvalue weighted by atomic mass is 35.5. The molecular weight excluding hydrogens is 463 g/mol. The number of hydrogen-bond acceptors (Lipinski definition) is 4. The van der Waals surface area contributed by atoms with Crippen LogP contribution in [0.1, 0.15) is 26.7 Å². The van der Waals surface area contributed by atoms with Crippen LogP contribution >= 0.6 is 23.2 Å². The van der Waals surface area contributed by atoms with Crippen LogP contribution in [-0.2, 0) is 14.8 Å². The summed E-state index contributed by atoms with van der Waals surface area (Å²) in [5.74, 6) is 0.111. The number of hydrogen-bond donors (Lipinski definition) is 1. The maximum Gasteiger partial charge on any atom is 0.317 e. The van der Waals surface area contributed by atoms with Crippen LogP contribution in [0.15, 0.2) is 23.1 Å². The molecule has 2 aliphatic rings. The Kier molecular flexibility index (Phi) is 7.72. The summed E-state index contributed by atoms with van der Waals surface area (Å²) in [5, 5.41) is 3.18. The van der Waals surface area contributed by atoms with Crippen LogP contribution in [0.4, 0.5) is 4.79 Å². The van der Waals surface area contributed by atoms with Crippen molar-refractivity contribution in [2.24, 2.45) is 5.92 Å². The van der Waals surface area contributed by atoms with E-state index in [9.17, 15) is 18.0 Å². The quantitative estimate of drug-likeness (QED) is 0.702. The summed E-state index contributed by atoms with van der Waals surface area (Å²) in [6.45, 7) is 5.91. The van der Waals surface area contributed by atoms with Gasteiger partial charge in [-0.05, 0) is 25.0 Å². The molecule has 0 bridgehead atoms. The molecule has 0 unspecified atom stereocenters. The van der Waals surface area contributed by atoms with Crippen molar-refractivity contribution >= 4 is 45.2 Å². The lowest BCUT2D eigenvalue weighted by atomic mass is 10.0. The molecule has 1 aromatic carbocycles. The molecule has 11 heteroatoms. The average molecular weight is 491 g/mol. The number of rotatable bonds is 4. The van der Waals surface area contributed by atoms with Gasteiger partial charge in [0.05, 0.1) is 10.0 Å². The van der Waals surface area contributed by atoms with Gasteiger partial charge in [0.15, 0.2) is 0 Å². The second kappa shape index (κ2) is 9.94. The summed E-state index contributed by atoms with van der Waals surface area (Å²) in [6, 6.07) is 4.37. The minimum Gasteiger partial charge on any atom is -0.342 e. The Morgan fingerprint density at radius 1 is 0.968 bits per heavy atom. The van der Waals surface area contributed by atoms with Gasteiger partial charge in [0.2, 0.25) is 15.9 Å². The molecule has 0 atom stereocenters. The molecule has 0 spiro atoms. The minimum atomic E-state index is -3.85. The van der Waals surface area contributed by atoms with Crippen molar-refractivity contribution in [3.05, 3.63) is 28.2 Å². The molecule has 2 aliphatic heterocycles. The van der Waals surface area contributed by atoms with Gasteiger partial charge >= 0.3 is 6.03 Å². The Bertz CT molecular complexity index is 905. The largest absolute Gasteiger partial charge is 0.342 e. The zero-order valence-electron chi connectivity index (χ0n) is 17.7. The number of benzene rings is 1. The van der Waals surface area contributed by atoms with E-state index in [1.807, 2.05) is 18.7 Å². The number of piperidine rings is 1. The summed E-state index contributed by atoms with van der Waals surface area (Å²) in [6.07, 6.45) is 1.42. The number of halogens is 2. The van der Waals surface area contributed by atoms with Crippen molar-refractivity contribution in [1.82, 2.24) is 19.4 Å². The highest BCUT2D eigenvalue weighted by Gasteiger charge is 2.34. The van der Waals surface area contributed by atoms with E-state index >= 15 is 0 Å². The fourth-order valence-electron chi connectivity index (χ4n) is 3.86. The first kappa shape index (κ1) is 24.1. The first-order valence-electron chi connectivity index (χ1n) is 10.4. The third-order valence-corrected chi connectivity index (χ3v) is 8.53. The van der Waals surface area contributed by atoms with Crippen molar-refractivity contribution in [3.8, 4) is 0 Å². The maximum absolute atomic E-state index is 13.0. The van der Waals surface area contributed by atoms with Crippen LogP contribution in [0.3, 0.4) is 0 Å². The highest BCUT2D eigenvalue weighted by Crippen LogP contribution is 2.31. The SMILES string of the molecule is CC(C)C(=O)N1CCC(NC(=O)N2CCN(S(=O)(=O)c3c(Cl)cccc3Cl)CC2)CC1. The van der Waals surface area contributed by atoms with E-state index in [2.05, 4.69) is 5.32 Å². The van der Waals surface area contributed by atoms with Gasteiger partial charge in [-0.3, -0.25) is 4.79 Å². The fourth-order valence-corrected chi connectivity index (χ4v) is 6.38. The van der Waals surface area contributed by atoms with Crippen molar-refractivity contribution in [3.63, 3.8) is 0 Å². The molecule has 1 aromatic rings. The second-order valence-corrected chi connectivity index (χ2v) is 10.8. The molecule has 0 saturated carbocycles. The summed E-state index contributed by atoms with van der Waals surface area (Å²) in [7, 11) is -3.85. The first-order valence-corrected chi connectivity index (χ1v) is 12.6. The Morgan fingerprint density at radius 2 is 1.52 bits per heavy atom. The Balaban J connectivity index is 1.52. The molecular formula is C20H28Cl2N4O4S. The van der Waals surface area contributed by atoms with Gasteiger partial charge in [-0.2, -0.15) is 4.31 Å². The lowest BCUT2D eigenvalue weighted by molar-refractivity contribution is -0.135. The fraction of sp³-hybridized carbons (Fsp3) is 0.600. The van der Waals surface area contributed by atoms with Gasteiger partial charge in [0.1, 0.15) is 4.90 Å². The predicted octanol–water partition coefficient (Wildman–Crippen LogP) is 2.66. The van der Waals surface area contributed by atoms with Crippen molar-refractivity contribution in [1.29, 1.82) is 0 Å². The van der Waals surface area contributed by atoms with Gasteiger partial charge in [0.25, 0.3) is 0 Å². The minimum absolute atomic E-state index is 0.00686. The molecule has 2 heterocycles. The molecule has 2 saturated heterocycles. The molecule has 8 nitrogen and oxygen atoms in total. The van der Waals surface area contributed by atoms with Crippen molar-refractivity contribution in [2.75, 3.05) is 39.3 Å². The van der Waals surface area contributed by atoms with Crippen LogP contribution in [0, 0.1) is 5.92 Å². The topological polar surface area (TPSA) is 90.0 Å². The maximum atomic E-state index is 13.0. The van der Waals surface area contributed by atoms with E-state index in [0.29, 0.717) is 25.9 Å². The summed E-state index contributed by atoms with van der Waals surface area (Å²) in [5.41, 5.74) is 0. The van der Waals surface area contributed by atoms with E-state index in [0.717, 1.165) is 0 Å². The molecule has 1 N–H and O–H groups in total. The molecule has 3 rings (SSSR count). The molecule has 172 valence electrons. The van der Waals surface area contributed by atoms with Crippen LogP contribution in [-0.4, -0.2) is 79.8 Å². The number of amides is 3. The summed E-state index contributed by atoms with van der Waals surface area (Å²) in [4.78, 5) is 28.1. The lowest BCUT2D eigenvalue weighted by Crippen LogP contribution is -2.56. The van der Waals surface area contributed by atoms with Gasteiger partial charge in [-0.15, -0.1) is 0 Å². The number of carbonyl (C=O) groups excluding carboxylic acids is 2. The summed E-state index contributed by atoms with van der Waals surface area (Å²) < 4.78 is 27.2. The number of nitrogens with one attached hydrogen (secondary N) is 1. The molecule has 31 heavy (non-hydrogen) atoms. The third kappa shape index (κ3) is 5.45. The Labute approximate surface area is 193 Å². The van der Waals surface area contributed by atoms with Crippen molar-refractivity contribution < 1.29 is 18.0 Å². The molecule has 0 aromatic heterocycles. The zero-order chi connectivity index (χ0) is 22.8. The number of piperazine rings is 1. The standard InChI is InChI=1S/C20H28Cl2N4O4S/c1-14(2)19(27)24-8-6-15(7-9-24)23-20(28)25-10-12-26(13-11-25)31(29,30)18-16(21)4-3-5-17(18)22/h3-5,14-15H,6-13H2,1-2H3,(H,23,28). The first-order chi connectivity index (χ1) is 14.6. The lowest BCUT2D eigenvalue weighted by Gasteiger charge is -2.37. The van der Waals surface area contributed by atoms with Crippen LogP contribution < -0.4 is 5.32 Å². The predicted molar refractivity (Wildman–Crippen MR) is 120 cm³/mol. The molecule has 0 aliphatic carbocycles. The zero-order valence-corrected chi connectivity index (χ0v) is 20.0. The van der Waals surface area contributed by atoms with Gasteiger partial charge in [-0.1, -0.05) is 43.1 Å². The highest BCUT2D eigenvalue weighted by molar-refractivity contribution is 7.89. The molecule has 0 radical (unpaired) electrons. The smallest absolute Gasteiger partial charge is 0.317 e. The van der Waals surface area contributed by atoms with E-state index in [1.165, 1.54) is 16.4 Å². The van der Waals surface area contributed by atoms with Crippen LogP contribution in [0.2, 0.25) is 10.0 Å². The Morgan fingerprint density at radius 3 is 2.03 bits per heavy atom. The number of urea groups is 1. The van der Waals surface area contributed by atoms with E-state index < -0.39 is 10.0 Å². The second-order valence-electron chi connectivity index (χ2n) is 8.15. The van der Waals surface area contributed by atoms with Gasteiger partial charge < -0.3 is 15.1 Å². The van der Waals surface area contributed by atoms with E-state index in [4.69, 9.17) is 23.2 Å². The summed E-state index contributed by atoms with van der Waals surface area (Å²) >= 11 is 12.2. The van der Waals surface area contributed by atoms with E-state index in [1.54, 1.807) is 11.0 Å². The molecule has 3 amide bonds. The normalized spacial score (nSPS) is 19.0. The number of carbonyl (C=O) groups is 2. The van der Waals surface area contributed by atoms with Gasteiger partial charge in [-0.25, -0.2) is 13.2 Å².